The molecule has 20 heavy (non-hydrogen) atoms. The molecule has 0 spiro atoms. The first-order valence-corrected chi connectivity index (χ1v) is 7.01. The third kappa shape index (κ3) is 6.06. The number of halogens is 1. The van der Waals surface area contributed by atoms with Gasteiger partial charge in [-0.15, -0.1) is 0 Å². The van der Waals surface area contributed by atoms with Crippen molar-refractivity contribution < 1.29 is 19.1 Å². The molecule has 0 heterocycles. The van der Waals surface area contributed by atoms with E-state index in [1.54, 1.807) is 7.05 Å². The Balaban J connectivity index is 2.21. The number of likely N-dealkylation sites (N-methyl/N-ethyl adjacent to an activating group) is 1. The van der Waals surface area contributed by atoms with Crippen molar-refractivity contribution in [1.29, 1.82) is 0 Å². The summed E-state index contributed by atoms with van der Waals surface area (Å²) in [6.07, 6.45) is 0.935. The molecule has 0 N–H and O–H groups in total. The van der Waals surface area contributed by atoms with Gasteiger partial charge in [-0.05, 0) is 30.7 Å². The van der Waals surface area contributed by atoms with Crippen LogP contribution in [0, 0.1) is 0 Å². The molecule has 0 unspecified atom stereocenters. The first kappa shape index (κ1) is 16.5. The normalized spacial score (nSPS) is 9.95. The topological polar surface area (TPSA) is 55.8 Å². The van der Waals surface area contributed by atoms with Crippen LogP contribution in [0.5, 0.6) is 5.75 Å². The van der Waals surface area contributed by atoms with Crippen LogP contribution in [0.4, 0.5) is 0 Å². The number of rotatable bonds is 7. The van der Waals surface area contributed by atoms with Gasteiger partial charge in [-0.2, -0.15) is 0 Å². The van der Waals surface area contributed by atoms with Crippen LogP contribution < -0.4 is 4.74 Å². The standard InChI is InChI=1S/C14H18BrNO4/c1-16(10-14(18)19-2)13(17)4-3-9-20-12-7-5-11(15)6-8-12/h5-8H,3-4,9-10H2,1-2H3. The van der Waals surface area contributed by atoms with Crippen molar-refractivity contribution in [1.82, 2.24) is 4.90 Å². The third-order valence-corrected chi connectivity index (χ3v) is 3.17. The van der Waals surface area contributed by atoms with Gasteiger partial charge in [0.15, 0.2) is 0 Å². The molecule has 1 aromatic rings. The Morgan fingerprint density at radius 2 is 1.90 bits per heavy atom. The number of methoxy groups -OCH3 is 1. The van der Waals surface area contributed by atoms with Gasteiger partial charge in [-0.3, -0.25) is 9.59 Å². The Kier molecular flexibility index (Phi) is 7.08. The average Bonchev–Trinajstić information content (AvgIpc) is 2.44. The first-order valence-electron chi connectivity index (χ1n) is 6.22. The summed E-state index contributed by atoms with van der Waals surface area (Å²) in [6.45, 7) is 0.433. The summed E-state index contributed by atoms with van der Waals surface area (Å²) in [4.78, 5) is 24.1. The van der Waals surface area contributed by atoms with Crippen molar-refractivity contribution in [2.45, 2.75) is 12.8 Å². The molecular weight excluding hydrogens is 326 g/mol. The van der Waals surface area contributed by atoms with E-state index in [0.29, 0.717) is 19.4 Å². The highest BCUT2D eigenvalue weighted by atomic mass is 79.9. The number of carbonyl (C=O) groups excluding carboxylic acids is 2. The fourth-order valence-electron chi connectivity index (χ4n) is 1.48. The van der Waals surface area contributed by atoms with E-state index in [2.05, 4.69) is 20.7 Å². The second-order valence-electron chi connectivity index (χ2n) is 4.23. The quantitative estimate of drug-likeness (QED) is 0.562. The highest BCUT2D eigenvalue weighted by Crippen LogP contribution is 2.16. The Morgan fingerprint density at radius 3 is 2.50 bits per heavy atom. The minimum absolute atomic E-state index is 0.0249. The molecule has 6 heteroatoms. The Hall–Kier alpha value is -1.56. The minimum atomic E-state index is -0.424. The summed E-state index contributed by atoms with van der Waals surface area (Å²) in [5, 5.41) is 0. The maximum atomic E-state index is 11.7. The highest BCUT2D eigenvalue weighted by molar-refractivity contribution is 9.10. The summed E-state index contributed by atoms with van der Waals surface area (Å²) in [6, 6.07) is 7.50. The molecule has 0 saturated carbocycles. The summed E-state index contributed by atoms with van der Waals surface area (Å²) in [5.74, 6) is 0.241. The number of hydrogen-bond acceptors (Lipinski definition) is 4. The van der Waals surface area contributed by atoms with Gasteiger partial charge in [-0.1, -0.05) is 15.9 Å². The number of hydrogen-bond donors (Lipinski definition) is 0. The van der Waals surface area contributed by atoms with Crippen LogP contribution >= 0.6 is 15.9 Å². The monoisotopic (exact) mass is 343 g/mol. The summed E-state index contributed by atoms with van der Waals surface area (Å²) in [5.41, 5.74) is 0. The number of ether oxygens (including phenoxy) is 2. The largest absolute Gasteiger partial charge is 0.494 e. The van der Waals surface area contributed by atoms with E-state index >= 15 is 0 Å². The maximum absolute atomic E-state index is 11.7. The molecule has 0 saturated heterocycles. The fourth-order valence-corrected chi connectivity index (χ4v) is 1.75. The molecule has 0 bridgehead atoms. The number of nitrogens with zero attached hydrogens (tertiary/aromatic N) is 1. The van der Waals surface area contributed by atoms with Crippen LogP contribution in [-0.4, -0.2) is 44.1 Å². The van der Waals surface area contributed by atoms with Gasteiger partial charge in [0, 0.05) is 17.9 Å². The lowest BCUT2D eigenvalue weighted by atomic mass is 10.3. The van der Waals surface area contributed by atoms with Crippen LogP contribution in [0.25, 0.3) is 0 Å². The average molecular weight is 344 g/mol. The molecule has 0 aromatic heterocycles. The molecule has 1 amide bonds. The first-order chi connectivity index (χ1) is 9.52. The van der Waals surface area contributed by atoms with E-state index < -0.39 is 5.97 Å². The van der Waals surface area contributed by atoms with Gasteiger partial charge in [0.2, 0.25) is 5.91 Å². The fraction of sp³-hybridized carbons (Fsp3) is 0.429. The zero-order valence-electron chi connectivity index (χ0n) is 11.6. The molecule has 0 fully saturated rings. The van der Waals surface area contributed by atoms with Crippen molar-refractivity contribution in [3.63, 3.8) is 0 Å². The molecule has 0 atom stereocenters. The second-order valence-corrected chi connectivity index (χ2v) is 5.15. The zero-order chi connectivity index (χ0) is 15.0. The summed E-state index contributed by atoms with van der Waals surface area (Å²) < 4.78 is 11.0. The second kappa shape index (κ2) is 8.58. The van der Waals surface area contributed by atoms with Crippen molar-refractivity contribution in [2.75, 3.05) is 27.3 Å². The van der Waals surface area contributed by atoms with Crippen molar-refractivity contribution in [3.05, 3.63) is 28.7 Å². The van der Waals surface area contributed by atoms with Crippen molar-refractivity contribution in [3.8, 4) is 5.75 Å². The Labute approximate surface area is 127 Å². The molecule has 110 valence electrons. The minimum Gasteiger partial charge on any atom is -0.494 e. The summed E-state index contributed by atoms with van der Waals surface area (Å²) >= 11 is 3.34. The molecule has 5 nitrogen and oxygen atoms in total. The maximum Gasteiger partial charge on any atom is 0.325 e. The number of carbonyl (C=O) groups is 2. The van der Waals surface area contributed by atoms with Gasteiger partial charge in [0.25, 0.3) is 0 Å². The van der Waals surface area contributed by atoms with E-state index in [1.165, 1.54) is 12.0 Å². The Morgan fingerprint density at radius 1 is 1.25 bits per heavy atom. The number of esters is 1. The van der Waals surface area contributed by atoms with Gasteiger partial charge in [0.05, 0.1) is 13.7 Å². The smallest absolute Gasteiger partial charge is 0.325 e. The van der Waals surface area contributed by atoms with E-state index in [9.17, 15) is 9.59 Å². The predicted octanol–water partition coefficient (Wildman–Crippen LogP) is 2.24. The van der Waals surface area contributed by atoms with Gasteiger partial charge in [-0.25, -0.2) is 0 Å². The molecule has 0 aliphatic heterocycles. The highest BCUT2D eigenvalue weighted by Gasteiger charge is 2.12. The molecular formula is C14H18BrNO4. The lowest BCUT2D eigenvalue weighted by Gasteiger charge is -2.15. The van der Waals surface area contributed by atoms with E-state index in [4.69, 9.17) is 4.74 Å². The Bertz CT molecular complexity index is 447. The molecule has 0 radical (unpaired) electrons. The molecule has 0 aliphatic rings. The van der Waals surface area contributed by atoms with Crippen LogP contribution in [0.15, 0.2) is 28.7 Å². The number of benzene rings is 1. The van der Waals surface area contributed by atoms with Gasteiger partial charge >= 0.3 is 5.97 Å². The predicted molar refractivity (Wildman–Crippen MR) is 78.5 cm³/mol. The van der Waals surface area contributed by atoms with Crippen molar-refractivity contribution in [2.24, 2.45) is 0 Å². The third-order valence-electron chi connectivity index (χ3n) is 2.64. The SMILES string of the molecule is COC(=O)CN(C)C(=O)CCCOc1ccc(Br)cc1. The van der Waals surface area contributed by atoms with Gasteiger partial charge in [0.1, 0.15) is 12.3 Å². The lowest BCUT2D eigenvalue weighted by molar-refractivity contribution is -0.146. The van der Waals surface area contributed by atoms with Crippen LogP contribution in [0.2, 0.25) is 0 Å². The number of amides is 1. The van der Waals surface area contributed by atoms with Crippen LogP contribution in [0.1, 0.15) is 12.8 Å². The van der Waals surface area contributed by atoms with E-state index in [-0.39, 0.29) is 12.5 Å². The van der Waals surface area contributed by atoms with Gasteiger partial charge < -0.3 is 14.4 Å². The van der Waals surface area contributed by atoms with E-state index in [0.717, 1.165) is 10.2 Å². The zero-order valence-corrected chi connectivity index (χ0v) is 13.2. The van der Waals surface area contributed by atoms with Crippen LogP contribution in [-0.2, 0) is 14.3 Å². The van der Waals surface area contributed by atoms with Crippen molar-refractivity contribution >= 4 is 27.8 Å². The molecule has 0 aliphatic carbocycles. The van der Waals surface area contributed by atoms with E-state index in [1.807, 2.05) is 24.3 Å². The molecule has 1 aromatic carbocycles. The lowest BCUT2D eigenvalue weighted by Crippen LogP contribution is -2.32. The van der Waals surface area contributed by atoms with Crippen LogP contribution in [0.3, 0.4) is 0 Å². The summed E-state index contributed by atoms with van der Waals surface area (Å²) in [7, 11) is 2.88. The molecule has 1 rings (SSSR count).